The monoisotopic (exact) mass is 608 g/mol. The van der Waals surface area contributed by atoms with Crippen molar-refractivity contribution in [2.45, 2.75) is 18.9 Å². The van der Waals surface area contributed by atoms with Crippen molar-refractivity contribution in [2.75, 3.05) is 81.8 Å². The number of hydrogen-bond acceptors (Lipinski definition) is 10. The molecule has 2 aliphatic heterocycles. The molecule has 1 aromatic heterocycles. The van der Waals surface area contributed by atoms with Gasteiger partial charge in [-0.1, -0.05) is 23.7 Å². The summed E-state index contributed by atoms with van der Waals surface area (Å²) >= 11 is 6.43. The van der Waals surface area contributed by atoms with Crippen LogP contribution in [0.3, 0.4) is 0 Å². The summed E-state index contributed by atoms with van der Waals surface area (Å²) in [5.74, 6) is 1.38. The number of nitrogens with one attached hydrogen (secondary N) is 2. The van der Waals surface area contributed by atoms with Gasteiger partial charge in [0, 0.05) is 62.4 Å². The van der Waals surface area contributed by atoms with Gasteiger partial charge in [-0.15, -0.1) is 0 Å². The number of piperidine rings is 1. The smallest absolute Gasteiger partial charge is 0.229 e. The zero-order chi connectivity index (χ0) is 29.7. The van der Waals surface area contributed by atoms with Crippen molar-refractivity contribution in [3.05, 3.63) is 53.7 Å². The first-order chi connectivity index (χ1) is 20.2. The number of hydrogen-bond donors (Lipinski definition) is 2. The Labute approximate surface area is 253 Å². The third kappa shape index (κ3) is 7.34. The Kier molecular flexibility index (Phi) is 9.54. The Morgan fingerprint density at radius 1 is 1.07 bits per heavy atom. The number of piperazine rings is 1. The number of benzene rings is 2. The highest BCUT2D eigenvalue weighted by Gasteiger charge is 2.28. The van der Waals surface area contributed by atoms with Crippen LogP contribution in [0.1, 0.15) is 12.8 Å². The number of nitrogens with zero attached hydrogens (tertiary/aromatic N) is 6. The SMILES string of the molecule is CN1CCN(C2CCN(c3ccc(Nc4ncc(Cl)c(Nc5ccccc5P(C)(C)=O)n4)cc3OCC#N)CC2)CC1. The minimum atomic E-state index is -2.53. The van der Waals surface area contributed by atoms with Crippen LogP contribution in [0.2, 0.25) is 5.02 Å². The molecule has 0 saturated carbocycles. The summed E-state index contributed by atoms with van der Waals surface area (Å²) in [7, 11) is -0.340. The van der Waals surface area contributed by atoms with Gasteiger partial charge < -0.3 is 29.7 Å². The van der Waals surface area contributed by atoms with Crippen LogP contribution in [0.4, 0.5) is 28.8 Å². The summed E-state index contributed by atoms with van der Waals surface area (Å²) in [6.07, 6.45) is 3.72. The van der Waals surface area contributed by atoms with Gasteiger partial charge in [-0.2, -0.15) is 10.2 Å². The lowest BCUT2D eigenvalue weighted by Crippen LogP contribution is -2.52. The predicted octanol–water partition coefficient (Wildman–Crippen LogP) is 4.98. The summed E-state index contributed by atoms with van der Waals surface area (Å²) in [5.41, 5.74) is 2.39. The molecule has 0 atom stereocenters. The van der Waals surface area contributed by atoms with Gasteiger partial charge in [-0.25, -0.2) is 4.98 Å². The van der Waals surface area contributed by atoms with Gasteiger partial charge in [0.15, 0.2) is 12.4 Å². The highest BCUT2D eigenvalue weighted by Crippen LogP contribution is 2.39. The Bertz CT molecular complexity index is 1480. The third-order valence-electron chi connectivity index (χ3n) is 7.85. The molecule has 0 bridgehead atoms. The molecule has 2 aromatic carbocycles. The molecule has 0 spiro atoms. The van der Waals surface area contributed by atoms with Gasteiger partial charge in [0.05, 0.1) is 17.6 Å². The molecule has 10 nitrogen and oxygen atoms in total. The summed E-state index contributed by atoms with van der Waals surface area (Å²) in [4.78, 5) is 16.3. The summed E-state index contributed by atoms with van der Waals surface area (Å²) in [6, 6.07) is 16.0. The summed E-state index contributed by atoms with van der Waals surface area (Å²) in [6.45, 7) is 9.81. The molecular weight excluding hydrogens is 571 g/mol. The van der Waals surface area contributed by atoms with E-state index in [4.69, 9.17) is 16.3 Å². The second-order valence-corrected chi connectivity index (χ2v) is 14.8. The maximum atomic E-state index is 12.8. The fourth-order valence-electron chi connectivity index (χ4n) is 5.56. The highest BCUT2D eigenvalue weighted by molar-refractivity contribution is 7.70. The van der Waals surface area contributed by atoms with Gasteiger partial charge in [-0.05, 0) is 57.5 Å². The molecule has 0 aliphatic carbocycles. The van der Waals surface area contributed by atoms with Crippen molar-refractivity contribution in [1.82, 2.24) is 19.8 Å². The van der Waals surface area contributed by atoms with E-state index in [9.17, 15) is 9.83 Å². The topological polar surface area (TPSA) is 110 Å². The largest absolute Gasteiger partial charge is 0.476 e. The molecule has 3 heterocycles. The van der Waals surface area contributed by atoms with Crippen molar-refractivity contribution < 1.29 is 9.30 Å². The number of rotatable bonds is 9. The van der Waals surface area contributed by atoms with Crippen LogP contribution < -0.4 is 25.6 Å². The lowest BCUT2D eigenvalue weighted by atomic mass is 10.0. The number of anilines is 5. The molecule has 42 heavy (non-hydrogen) atoms. The first kappa shape index (κ1) is 30.1. The van der Waals surface area contributed by atoms with Crippen molar-refractivity contribution in [2.24, 2.45) is 0 Å². The normalized spacial score (nSPS) is 17.1. The second-order valence-electron chi connectivity index (χ2n) is 11.2. The van der Waals surface area contributed by atoms with Crippen molar-refractivity contribution in [1.29, 1.82) is 5.26 Å². The lowest BCUT2D eigenvalue weighted by molar-refractivity contribution is 0.0981. The zero-order valence-electron chi connectivity index (χ0n) is 24.4. The van der Waals surface area contributed by atoms with Gasteiger partial charge in [0.1, 0.15) is 24.0 Å². The standard InChI is InChI=1S/C30H38ClN8O2P/c1-37-15-17-38(18-16-37)23-10-13-39(14-11-23)26-9-8-22(20-27(26)41-19-12-32)34-30-33-21-24(31)29(36-30)35-25-6-4-5-7-28(25)42(2,3)40/h4-9,20-21,23H,10-11,13-19H2,1-3H3,(H2,33,34,35,36). The van der Waals surface area contributed by atoms with Crippen LogP contribution in [0, 0.1) is 11.3 Å². The number of ether oxygens (including phenoxy) is 1. The van der Waals surface area contributed by atoms with Crippen LogP contribution in [0.25, 0.3) is 0 Å². The molecule has 2 fully saturated rings. The average Bonchev–Trinajstić information content (AvgIpc) is 2.98. The number of nitriles is 1. The summed E-state index contributed by atoms with van der Waals surface area (Å²) < 4.78 is 18.7. The molecule has 0 radical (unpaired) electrons. The third-order valence-corrected chi connectivity index (χ3v) is 9.68. The molecular formula is C30H38ClN8O2P. The van der Waals surface area contributed by atoms with E-state index >= 15 is 0 Å². The number of likely N-dealkylation sites (N-methyl/N-ethyl adjacent to an activating group) is 1. The van der Waals surface area contributed by atoms with E-state index in [1.807, 2.05) is 42.5 Å². The first-order valence-electron chi connectivity index (χ1n) is 14.2. The number of halogens is 1. The van der Waals surface area contributed by atoms with E-state index < -0.39 is 7.14 Å². The molecule has 3 aromatic rings. The highest BCUT2D eigenvalue weighted by atomic mass is 35.5. The van der Waals surface area contributed by atoms with Crippen molar-refractivity contribution in [3.8, 4) is 11.8 Å². The van der Waals surface area contributed by atoms with Crippen LogP contribution >= 0.6 is 18.7 Å². The van der Waals surface area contributed by atoms with Crippen LogP contribution in [0.5, 0.6) is 5.75 Å². The zero-order valence-corrected chi connectivity index (χ0v) is 26.0. The Morgan fingerprint density at radius 2 is 1.81 bits per heavy atom. The Balaban J connectivity index is 1.30. The minimum Gasteiger partial charge on any atom is -0.476 e. The van der Waals surface area contributed by atoms with Gasteiger partial charge in [0.25, 0.3) is 0 Å². The Morgan fingerprint density at radius 3 is 2.52 bits per heavy atom. The maximum Gasteiger partial charge on any atom is 0.229 e. The molecule has 0 unspecified atom stereocenters. The van der Waals surface area contributed by atoms with E-state index in [1.165, 1.54) is 6.20 Å². The van der Waals surface area contributed by atoms with Crippen molar-refractivity contribution in [3.63, 3.8) is 0 Å². The van der Waals surface area contributed by atoms with E-state index in [-0.39, 0.29) is 6.61 Å². The van der Waals surface area contributed by atoms with Crippen LogP contribution in [-0.4, -0.2) is 92.1 Å². The fraction of sp³-hybridized carbons (Fsp3) is 0.433. The molecule has 2 saturated heterocycles. The molecule has 12 heteroatoms. The molecule has 222 valence electrons. The quantitative estimate of drug-likeness (QED) is 0.323. The van der Waals surface area contributed by atoms with E-state index in [0.29, 0.717) is 34.3 Å². The minimum absolute atomic E-state index is 0.0438. The van der Waals surface area contributed by atoms with Gasteiger partial charge in [-0.3, -0.25) is 4.90 Å². The maximum absolute atomic E-state index is 12.8. The van der Waals surface area contributed by atoms with E-state index in [2.05, 4.69) is 48.4 Å². The lowest BCUT2D eigenvalue weighted by Gasteiger charge is -2.42. The molecule has 2 N–H and O–H groups in total. The second kappa shape index (κ2) is 13.3. The molecule has 2 aliphatic rings. The number of para-hydroxylation sites is 1. The van der Waals surface area contributed by atoms with Gasteiger partial charge >= 0.3 is 0 Å². The fourth-order valence-corrected chi connectivity index (χ4v) is 6.85. The molecule has 0 amide bonds. The first-order valence-corrected chi connectivity index (χ1v) is 17.2. The Hall–Kier alpha value is -3.35. The van der Waals surface area contributed by atoms with Crippen LogP contribution in [-0.2, 0) is 4.57 Å². The average molecular weight is 609 g/mol. The van der Waals surface area contributed by atoms with Crippen molar-refractivity contribution >= 4 is 52.9 Å². The van der Waals surface area contributed by atoms with E-state index in [0.717, 1.165) is 68.8 Å². The summed E-state index contributed by atoms with van der Waals surface area (Å²) in [5, 5.41) is 16.7. The van der Waals surface area contributed by atoms with Gasteiger partial charge in [0.2, 0.25) is 5.95 Å². The van der Waals surface area contributed by atoms with E-state index in [1.54, 1.807) is 13.3 Å². The molecule has 5 rings (SSSR count). The predicted molar refractivity (Wildman–Crippen MR) is 171 cm³/mol. The number of aromatic nitrogens is 2. The van der Waals surface area contributed by atoms with Crippen LogP contribution in [0.15, 0.2) is 48.7 Å².